The van der Waals surface area contributed by atoms with Crippen molar-refractivity contribution in [2.75, 3.05) is 6.54 Å². The summed E-state index contributed by atoms with van der Waals surface area (Å²) in [5.74, 6) is 0.666. The predicted molar refractivity (Wildman–Crippen MR) is 94.5 cm³/mol. The molecular weight excluding hydrogens is 352 g/mol. The number of rotatable bonds is 4. The molecule has 8 heteroatoms. The molecule has 0 radical (unpaired) electrons. The summed E-state index contributed by atoms with van der Waals surface area (Å²) in [6, 6.07) is 11.6. The summed E-state index contributed by atoms with van der Waals surface area (Å²) in [6.07, 6.45) is 5.68. The highest BCUT2D eigenvalue weighted by atomic mass is 32.2. The van der Waals surface area contributed by atoms with Gasteiger partial charge in [0, 0.05) is 18.9 Å². The number of aromatic nitrogens is 3. The Balaban J connectivity index is 1.68. The molecular formula is C18H18N4O3S. The number of nitrogens with zero attached hydrogens (tertiary/aromatic N) is 4. The Kier molecular flexibility index (Phi) is 4.52. The second-order valence-corrected chi connectivity index (χ2v) is 8.02. The van der Waals surface area contributed by atoms with Gasteiger partial charge >= 0.3 is 0 Å². The van der Waals surface area contributed by atoms with Crippen molar-refractivity contribution in [3.8, 4) is 11.5 Å². The number of piperidine rings is 1. The summed E-state index contributed by atoms with van der Waals surface area (Å²) in [4.78, 5) is 4.32. The Bertz CT molecular complexity index is 974. The zero-order valence-electron chi connectivity index (χ0n) is 14.0. The highest BCUT2D eigenvalue weighted by Gasteiger charge is 2.37. The lowest BCUT2D eigenvalue weighted by Crippen LogP contribution is -2.38. The van der Waals surface area contributed by atoms with Crippen molar-refractivity contribution in [1.29, 1.82) is 0 Å². The lowest BCUT2D eigenvalue weighted by atomic mass is 10.1. The first kappa shape index (κ1) is 16.9. The van der Waals surface area contributed by atoms with Crippen molar-refractivity contribution in [3.05, 3.63) is 60.7 Å². The zero-order chi connectivity index (χ0) is 18.0. The quantitative estimate of drug-likeness (QED) is 0.701. The van der Waals surface area contributed by atoms with Crippen LogP contribution < -0.4 is 0 Å². The number of hydrogen-bond acceptors (Lipinski definition) is 6. The molecule has 1 aromatic carbocycles. The third-order valence-electron chi connectivity index (χ3n) is 4.44. The molecule has 3 heterocycles. The van der Waals surface area contributed by atoms with Crippen LogP contribution in [0.15, 0.2) is 64.2 Å². The van der Waals surface area contributed by atoms with E-state index in [0.717, 1.165) is 12.8 Å². The Morgan fingerprint density at radius 3 is 2.65 bits per heavy atom. The SMILES string of the molecule is O=S(=O)(c1ccccc1)N1CCCC[C@@H]1c1nnc(-c2cccnc2)o1. The van der Waals surface area contributed by atoms with Crippen molar-refractivity contribution in [2.45, 2.75) is 30.2 Å². The van der Waals surface area contributed by atoms with Gasteiger partial charge in [0.1, 0.15) is 6.04 Å². The lowest BCUT2D eigenvalue weighted by molar-refractivity contribution is 0.220. The first-order valence-electron chi connectivity index (χ1n) is 8.47. The summed E-state index contributed by atoms with van der Waals surface area (Å²) < 4.78 is 33.4. The molecule has 26 heavy (non-hydrogen) atoms. The minimum absolute atomic E-state index is 0.277. The van der Waals surface area contributed by atoms with Crippen molar-refractivity contribution < 1.29 is 12.8 Å². The van der Waals surface area contributed by atoms with Gasteiger partial charge in [0.15, 0.2) is 0 Å². The molecule has 1 atom stereocenters. The topological polar surface area (TPSA) is 89.2 Å². The van der Waals surface area contributed by atoms with E-state index >= 15 is 0 Å². The van der Waals surface area contributed by atoms with E-state index in [0.29, 0.717) is 30.3 Å². The second kappa shape index (κ2) is 6.97. The van der Waals surface area contributed by atoms with Crippen LogP contribution >= 0.6 is 0 Å². The molecule has 0 bridgehead atoms. The molecule has 3 aromatic rings. The van der Waals surface area contributed by atoms with Crippen molar-refractivity contribution in [3.63, 3.8) is 0 Å². The summed E-state index contributed by atoms with van der Waals surface area (Å²) in [5.41, 5.74) is 0.708. The van der Waals surface area contributed by atoms with Crippen LogP contribution in [0.2, 0.25) is 0 Å². The van der Waals surface area contributed by atoms with E-state index in [1.807, 2.05) is 6.07 Å². The van der Waals surface area contributed by atoms with Gasteiger partial charge in [-0.2, -0.15) is 4.31 Å². The average molecular weight is 370 g/mol. The molecule has 0 unspecified atom stereocenters. The van der Waals surface area contributed by atoms with Crippen molar-refractivity contribution >= 4 is 10.0 Å². The Morgan fingerprint density at radius 2 is 1.88 bits per heavy atom. The lowest BCUT2D eigenvalue weighted by Gasteiger charge is -2.32. The smallest absolute Gasteiger partial charge is 0.249 e. The molecule has 0 N–H and O–H groups in total. The standard InChI is InChI=1S/C18H18N4O3S/c23-26(24,15-8-2-1-3-9-15)22-12-5-4-10-16(22)18-21-20-17(25-18)14-7-6-11-19-13-14/h1-3,6-9,11,13,16H,4-5,10,12H2/t16-/m1/s1. The van der Waals surface area contributed by atoms with Crippen LogP contribution in [0.3, 0.4) is 0 Å². The molecule has 1 fully saturated rings. The van der Waals surface area contributed by atoms with E-state index in [1.165, 1.54) is 4.31 Å². The third kappa shape index (κ3) is 3.13. The predicted octanol–water partition coefficient (Wildman–Crippen LogP) is 3.05. The largest absolute Gasteiger partial charge is 0.419 e. The van der Waals surface area contributed by atoms with Crippen LogP contribution in [0.5, 0.6) is 0 Å². The van der Waals surface area contributed by atoms with Gasteiger partial charge in [0.2, 0.25) is 21.8 Å². The maximum Gasteiger partial charge on any atom is 0.249 e. The maximum atomic E-state index is 13.1. The Hall–Kier alpha value is -2.58. The maximum absolute atomic E-state index is 13.1. The molecule has 0 amide bonds. The summed E-state index contributed by atoms with van der Waals surface area (Å²) in [7, 11) is -3.62. The first-order chi connectivity index (χ1) is 12.7. The fraction of sp³-hybridized carbons (Fsp3) is 0.278. The fourth-order valence-electron chi connectivity index (χ4n) is 3.14. The molecule has 1 saturated heterocycles. The Morgan fingerprint density at radius 1 is 1.04 bits per heavy atom. The van der Waals surface area contributed by atoms with E-state index in [9.17, 15) is 8.42 Å². The molecule has 7 nitrogen and oxygen atoms in total. The zero-order valence-corrected chi connectivity index (χ0v) is 14.8. The van der Waals surface area contributed by atoms with Gasteiger partial charge in [-0.05, 0) is 37.1 Å². The molecule has 2 aromatic heterocycles. The van der Waals surface area contributed by atoms with Gasteiger partial charge in [-0.15, -0.1) is 10.2 Å². The summed E-state index contributed by atoms with van der Waals surface area (Å²) >= 11 is 0. The molecule has 4 rings (SSSR count). The molecule has 0 saturated carbocycles. The number of pyridine rings is 1. The van der Waals surface area contributed by atoms with Gasteiger partial charge in [0.05, 0.1) is 10.5 Å². The molecule has 0 spiro atoms. The number of sulfonamides is 1. The van der Waals surface area contributed by atoms with Crippen LogP contribution in [0.25, 0.3) is 11.5 Å². The summed E-state index contributed by atoms with van der Waals surface area (Å²) in [5, 5.41) is 8.20. The van der Waals surface area contributed by atoms with E-state index in [2.05, 4.69) is 15.2 Å². The van der Waals surface area contributed by atoms with Gasteiger partial charge in [0.25, 0.3) is 0 Å². The van der Waals surface area contributed by atoms with E-state index in [1.54, 1.807) is 48.8 Å². The Labute approximate surface area is 151 Å². The average Bonchev–Trinajstić information content (AvgIpc) is 3.19. The van der Waals surface area contributed by atoms with Crippen LogP contribution in [0.4, 0.5) is 0 Å². The normalized spacial score (nSPS) is 18.7. The van der Waals surface area contributed by atoms with Crippen LogP contribution in [0, 0.1) is 0 Å². The third-order valence-corrected chi connectivity index (χ3v) is 6.36. The second-order valence-electron chi connectivity index (χ2n) is 6.13. The minimum Gasteiger partial charge on any atom is -0.419 e. The fourth-order valence-corrected chi connectivity index (χ4v) is 4.81. The number of benzene rings is 1. The summed E-state index contributed by atoms with van der Waals surface area (Å²) in [6.45, 7) is 0.437. The number of hydrogen-bond donors (Lipinski definition) is 0. The monoisotopic (exact) mass is 370 g/mol. The van der Waals surface area contributed by atoms with Gasteiger partial charge in [-0.1, -0.05) is 24.6 Å². The van der Waals surface area contributed by atoms with Crippen LogP contribution in [-0.4, -0.2) is 34.4 Å². The van der Waals surface area contributed by atoms with E-state index < -0.39 is 16.1 Å². The molecule has 1 aliphatic heterocycles. The van der Waals surface area contributed by atoms with Crippen molar-refractivity contribution in [2.24, 2.45) is 0 Å². The molecule has 1 aliphatic rings. The minimum atomic E-state index is -3.62. The van der Waals surface area contributed by atoms with Crippen molar-refractivity contribution in [1.82, 2.24) is 19.5 Å². The molecule has 0 aliphatic carbocycles. The highest BCUT2D eigenvalue weighted by Crippen LogP contribution is 2.35. The molecule has 134 valence electrons. The first-order valence-corrected chi connectivity index (χ1v) is 9.91. The van der Waals surface area contributed by atoms with Crippen LogP contribution in [0.1, 0.15) is 31.2 Å². The van der Waals surface area contributed by atoms with E-state index in [-0.39, 0.29) is 4.90 Å². The van der Waals surface area contributed by atoms with Gasteiger partial charge in [-0.25, -0.2) is 8.42 Å². The van der Waals surface area contributed by atoms with E-state index in [4.69, 9.17) is 4.42 Å². The van der Waals surface area contributed by atoms with Gasteiger partial charge < -0.3 is 4.42 Å². The van der Waals surface area contributed by atoms with Gasteiger partial charge in [-0.3, -0.25) is 4.98 Å². The highest BCUT2D eigenvalue weighted by molar-refractivity contribution is 7.89. The van der Waals surface area contributed by atoms with Crippen LogP contribution in [-0.2, 0) is 10.0 Å².